The van der Waals surface area contributed by atoms with E-state index in [1.54, 1.807) is 50.9 Å². The number of alkyl halides is 2. The Labute approximate surface area is 835 Å². The van der Waals surface area contributed by atoms with E-state index in [4.69, 9.17) is 13.9 Å². The third kappa shape index (κ3) is 18.0. The summed E-state index contributed by atoms with van der Waals surface area (Å²) in [7, 11) is 1.54. The summed E-state index contributed by atoms with van der Waals surface area (Å²) in [5, 5.41) is 68.9. The average Bonchev–Trinajstić information content (AvgIpc) is 1.63. The number of halogens is 2. The van der Waals surface area contributed by atoms with Gasteiger partial charge in [0.05, 0.1) is 144 Å². The number of methoxy groups -OCH3 is 1. The van der Waals surface area contributed by atoms with Crippen molar-refractivity contribution in [2.24, 2.45) is 0 Å². The van der Waals surface area contributed by atoms with E-state index in [0.29, 0.717) is 96.0 Å². The normalized spacial score (nSPS) is 26.9. The quantitative estimate of drug-likeness (QED) is 0.0581. The Bertz CT molecular complexity index is 6810. The van der Waals surface area contributed by atoms with Crippen LogP contribution in [-0.2, 0) is 59.1 Å². The van der Waals surface area contributed by atoms with Gasteiger partial charge in [0.2, 0.25) is 23.6 Å². The van der Waals surface area contributed by atoms with Gasteiger partial charge in [0.25, 0.3) is 35.4 Å². The number of carbonyl (C=O) groups excluding carboxylic acids is 10. The molecule has 25 rings (SSSR count). The number of para-hydroxylation sites is 4. The maximum atomic E-state index is 13.8. The number of H-pyrrole nitrogens is 1. The first kappa shape index (κ1) is 97.1. The highest BCUT2D eigenvalue weighted by atomic mass is 19.3. The topological polar surface area (TPSA) is 445 Å². The summed E-state index contributed by atoms with van der Waals surface area (Å²) in [6, 6.07) is 35.2. The maximum Gasteiger partial charge on any atom is 0.315 e. The summed E-state index contributed by atoms with van der Waals surface area (Å²) >= 11 is 0. The Kier molecular flexibility index (Phi) is 27.6. The van der Waals surface area contributed by atoms with Crippen LogP contribution in [0.1, 0.15) is 204 Å². The number of rotatable bonds is 11. The molecular formula is C108H123F2N19O16. The van der Waals surface area contributed by atoms with Gasteiger partial charge < -0.3 is 112 Å². The molecular weight excluding hydrogens is 1860 g/mol. The molecule has 15 atom stereocenters. The standard InChI is InChI=1S/C23H28N4O3.C22H22F2N4O2.C22H25N3O4.C21H25N3O4.C20H23N5O3/c1-13-10-14-6-5-7-15(21(14)25-13)22-20-17(11-24-23(20)29)26-16-8-3-4-9-18(16)27(22)19(28)12-30-2;23-20(24)22(30)28-16-9-2-1-8-14(16)27-15-11-26-21(29)17(15)19(28)13-7-3-5-12-6-4-10-25-18(12)13;1-12-9-13-5-4-6-14(21(13)29-12)20-19-16(10-23-22(19)28)24-15-7-2-3-8-17(15)25(20)18(27)11-26;25-11-17(26)24-16-7-2-1-6-14(16)23-15-10-22-21(27)18(15)19(24)13-5-3-4-12-8-9-28-20(12)13;26-11-17(27)24-15-6-2-1-5-13(15)23-14-10-21-20(28)18(14)19(24)16-7-3-4-12-8-9-22-25(12)16/h5-7,10,16,18,22,25-26H,3-4,8-9,11-12H2,1-2H3,(H,24,29);3-7,10,14,16,19-20,27H,1-2,8-9,11H2,(H,26,29);4-6,9,15,17,20,24,26H,2-3,7-8,10-11H2,1H3,(H,23,28);3-5,14,16,19,23,25H,1-2,6-11H2,(H,22,27);3-4,7-9,13,15,19,23,26H,1-2,5-6,10-11H2,(H,21,28)/t16-,18-,22-;14-,16-,19-;15-,17-,20-;14-,16-,19-;13-,15-,19-/m11111/s1. The van der Waals surface area contributed by atoms with Crippen LogP contribution in [0, 0.1) is 13.8 Å². The van der Waals surface area contributed by atoms with Crippen LogP contribution in [0.15, 0.2) is 194 Å². The predicted octanol–water partition coefficient (Wildman–Crippen LogP) is 8.14. The second kappa shape index (κ2) is 41.2. The Morgan fingerprint density at radius 1 is 0.434 bits per heavy atom. The number of aromatic amines is 1. The van der Waals surface area contributed by atoms with Crippen LogP contribution in [0.2, 0.25) is 0 Å². The minimum Gasteiger partial charge on any atom is -0.493 e. The summed E-state index contributed by atoms with van der Waals surface area (Å²) in [4.78, 5) is 146. The van der Waals surface area contributed by atoms with E-state index in [9.17, 15) is 72.0 Å². The number of fused-ring (bicyclic) bond motifs is 10. The number of hydrogen-bond acceptors (Lipinski definition) is 23. The van der Waals surface area contributed by atoms with Crippen molar-refractivity contribution in [1.82, 2.24) is 97.2 Å². The number of nitrogens with zero attached hydrogens (tertiary/aromatic N) is 8. The number of hydrogen-bond donors (Lipinski definition) is 14. The number of pyridine rings is 2. The molecule has 35 nitrogen and oxygen atoms in total. The highest BCUT2D eigenvalue weighted by Crippen LogP contribution is 2.51. The second-order valence-corrected chi connectivity index (χ2v) is 40.4. The molecule has 0 saturated heterocycles. The van der Waals surface area contributed by atoms with Gasteiger partial charge in [-0.2, -0.15) is 13.9 Å². The first-order valence-electron chi connectivity index (χ1n) is 51.2. The molecule has 760 valence electrons. The minimum absolute atomic E-state index is 0.00365. The van der Waals surface area contributed by atoms with Crippen LogP contribution in [0.3, 0.4) is 0 Å². The van der Waals surface area contributed by atoms with Crippen LogP contribution in [0.25, 0.3) is 38.3 Å². The number of ether oxygens (including phenoxy) is 2. The van der Waals surface area contributed by atoms with Gasteiger partial charge in [-0.1, -0.05) is 149 Å². The maximum absolute atomic E-state index is 13.8. The molecule has 16 aliphatic rings. The van der Waals surface area contributed by atoms with E-state index in [1.165, 1.54) is 4.90 Å². The van der Waals surface area contributed by atoms with Gasteiger partial charge in [0, 0.05) is 129 Å². The van der Waals surface area contributed by atoms with E-state index in [-0.39, 0.29) is 114 Å². The molecule has 0 spiro atoms. The molecule has 5 fully saturated rings. The number of aromatic nitrogens is 4. The lowest BCUT2D eigenvalue weighted by atomic mass is 9.87. The number of benzene rings is 4. The molecule has 37 heteroatoms. The predicted molar refractivity (Wildman–Crippen MR) is 530 cm³/mol. The summed E-state index contributed by atoms with van der Waals surface area (Å²) in [6.45, 7) is 4.89. The van der Waals surface area contributed by atoms with Gasteiger partial charge in [-0.3, -0.25) is 52.9 Å². The lowest BCUT2D eigenvalue weighted by Crippen LogP contribution is -2.55. The Balaban J connectivity index is 0.000000107. The van der Waals surface area contributed by atoms with Crippen molar-refractivity contribution >= 4 is 97.4 Å². The average molecular weight is 1980 g/mol. The van der Waals surface area contributed by atoms with Gasteiger partial charge in [0.1, 0.15) is 49.6 Å². The summed E-state index contributed by atoms with van der Waals surface area (Å²) in [6.07, 6.45) is 20.0. The largest absolute Gasteiger partial charge is 0.493 e. The third-order valence-corrected chi connectivity index (χ3v) is 32.1. The van der Waals surface area contributed by atoms with Crippen LogP contribution < -0.4 is 57.9 Å². The Hall–Kier alpha value is -14.0. The summed E-state index contributed by atoms with van der Waals surface area (Å²) in [5.41, 5.74) is 16.2. The molecule has 5 saturated carbocycles. The lowest BCUT2D eigenvalue weighted by Gasteiger charge is -2.42. The van der Waals surface area contributed by atoms with E-state index in [0.717, 1.165) is 224 Å². The van der Waals surface area contributed by atoms with Gasteiger partial charge in [0.15, 0.2) is 0 Å². The molecule has 16 heterocycles. The van der Waals surface area contributed by atoms with Crippen molar-refractivity contribution < 1.29 is 85.9 Å². The van der Waals surface area contributed by atoms with Gasteiger partial charge in [-0.15, -0.1) is 0 Å². The fraction of sp³-hybridized carbons (Fsp3) is 0.463. The van der Waals surface area contributed by atoms with Crippen LogP contribution in [0.5, 0.6) is 5.75 Å². The SMILES string of the molecule is COCC(=O)N1[C@@H]2CCCC[C@H]2NC2=C(C(=O)NC2)[C@H]1c1cccc2cc(C)[nH]c12.Cc1cc2cccc([C@@H]3C4=C(CNC4=O)N[C@@H]4CCCC[C@H]4N3C(=O)CO)c2o1.O=C1NCC2=C1[C@@H](c1cccc3c1OCC3)N(C(=O)CO)[C@@H]1CCCC[C@H]1N2.O=C1NCC2=C1[C@@H](c1cccc3cccnc13)N(C(=O)C(F)F)[C@@H]1CCCC[C@H]1N2.O=C1NCC2=C1[C@@H](c1cccc3ccnn13)N(C(=O)CO)[C@@H]1CCCC[C@H]1N2. The van der Waals surface area contributed by atoms with E-state index in [2.05, 4.69) is 80.4 Å². The zero-order valence-electron chi connectivity index (χ0n) is 81.3. The van der Waals surface area contributed by atoms with Crippen molar-refractivity contribution in [2.45, 2.75) is 246 Å². The van der Waals surface area contributed by atoms with E-state index < -0.39 is 68.4 Å². The van der Waals surface area contributed by atoms with Crippen LogP contribution in [0.4, 0.5) is 8.78 Å². The molecule has 10 amide bonds. The number of aliphatic hydroxyl groups is 3. The van der Waals surface area contributed by atoms with Crippen molar-refractivity contribution in [2.75, 3.05) is 72.9 Å². The number of aliphatic hydroxyl groups excluding tert-OH is 3. The van der Waals surface area contributed by atoms with E-state index in [1.807, 2.05) is 116 Å². The number of amides is 10. The first-order valence-corrected chi connectivity index (χ1v) is 51.2. The molecule has 0 unspecified atom stereocenters. The van der Waals surface area contributed by atoms with Crippen molar-refractivity contribution in [3.63, 3.8) is 0 Å². The molecule has 5 aliphatic carbocycles. The highest BCUT2D eigenvalue weighted by Gasteiger charge is 2.55. The Morgan fingerprint density at radius 3 is 1.32 bits per heavy atom. The highest BCUT2D eigenvalue weighted by molar-refractivity contribution is 6.04. The molecule has 0 radical (unpaired) electrons. The lowest BCUT2D eigenvalue weighted by molar-refractivity contribution is -0.149. The van der Waals surface area contributed by atoms with Gasteiger partial charge in [-0.25, -0.2) is 4.52 Å². The number of nitrogens with one attached hydrogen (secondary N) is 11. The van der Waals surface area contributed by atoms with Gasteiger partial charge >= 0.3 is 6.43 Å². The van der Waals surface area contributed by atoms with Gasteiger partial charge in [-0.05, 0) is 120 Å². The molecule has 5 aromatic heterocycles. The summed E-state index contributed by atoms with van der Waals surface area (Å²) < 4.78 is 46.6. The van der Waals surface area contributed by atoms with Crippen LogP contribution >= 0.6 is 0 Å². The molecule has 11 aliphatic heterocycles. The van der Waals surface area contributed by atoms with E-state index >= 15 is 0 Å². The fourth-order valence-corrected chi connectivity index (χ4v) is 26.0. The molecule has 4 aromatic carbocycles. The smallest absolute Gasteiger partial charge is 0.315 e. The van der Waals surface area contributed by atoms with Crippen LogP contribution in [-0.4, -0.2) is 258 Å². The number of aryl methyl sites for hydroxylation is 2. The second-order valence-electron chi connectivity index (χ2n) is 40.4. The fourth-order valence-electron chi connectivity index (χ4n) is 26.0. The van der Waals surface area contributed by atoms with Crippen molar-refractivity contribution in [3.8, 4) is 5.75 Å². The van der Waals surface area contributed by atoms with Crippen molar-refractivity contribution in [3.05, 3.63) is 235 Å². The monoisotopic (exact) mass is 1980 g/mol. The molecule has 0 bridgehead atoms. The van der Waals surface area contributed by atoms with Crippen molar-refractivity contribution in [1.29, 1.82) is 0 Å². The number of furan rings is 1. The zero-order chi connectivity index (χ0) is 100. The molecule has 9 aromatic rings. The zero-order valence-corrected chi connectivity index (χ0v) is 81.3. The minimum atomic E-state index is -3.15. The third-order valence-electron chi connectivity index (χ3n) is 32.1. The molecule has 145 heavy (non-hydrogen) atoms. The first-order chi connectivity index (χ1) is 70.6. The summed E-state index contributed by atoms with van der Waals surface area (Å²) in [5.74, 6) is -1.75. The Morgan fingerprint density at radius 2 is 0.834 bits per heavy atom. The molecule has 14 N–H and O–H groups in total. The number of carbonyl (C=O) groups is 10.